The maximum atomic E-state index is 15.2. The van der Waals surface area contributed by atoms with Crippen molar-refractivity contribution in [3.8, 4) is 11.1 Å². The second-order valence-electron chi connectivity index (χ2n) is 10.8. The number of hydrogen-bond acceptors (Lipinski definition) is 2. The summed E-state index contributed by atoms with van der Waals surface area (Å²) in [7, 11) is 0. The summed E-state index contributed by atoms with van der Waals surface area (Å²) < 4.78 is 28.4. The first-order chi connectivity index (χ1) is 16.3. The van der Waals surface area contributed by atoms with E-state index >= 15 is 4.39 Å². The maximum absolute atomic E-state index is 15.2. The molecule has 0 radical (unpaired) electrons. The molecule has 1 saturated carbocycles. The van der Waals surface area contributed by atoms with Crippen LogP contribution in [0.4, 0.5) is 8.78 Å². The Bertz CT molecular complexity index is 1100. The largest absolute Gasteiger partial charge is 0.396 e. The van der Waals surface area contributed by atoms with Gasteiger partial charge in [0, 0.05) is 16.4 Å². The van der Waals surface area contributed by atoms with Crippen LogP contribution in [0.1, 0.15) is 57.9 Å². The van der Waals surface area contributed by atoms with Gasteiger partial charge in [-0.2, -0.15) is 0 Å². The molecule has 1 aliphatic rings. The van der Waals surface area contributed by atoms with Gasteiger partial charge in [0.2, 0.25) is 0 Å². The Kier molecular flexibility index (Phi) is 7.69. The van der Waals surface area contributed by atoms with Gasteiger partial charge >= 0.3 is 0 Å². The SMILES string of the molecule is CC(C)(CO)C(O)CC1CCC(CCc2ccc3c(F)c(-c4ccc(F)cc4)ccc3c2)CC1. The van der Waals surface area contributed by atoms with Gasteiger partial charge in [0.15, 0.2) is 0 Å². The molecule has 1 aliphatic carbocycles. The third-order valence-corrected chi connectivity index (χ3v) is 7.85. The molecular formula is C30H36F2O2. The van der Waals surface area contributed by atoms with Crippen LogP contribution >= 0.6 is 0 Å². The van der Waals surface area contributed by atoms with Gasteiger partial charge in [-0.25, -0.2) is 8.78 Å². The van der Waals surface area contributed by atoms with Crippen LogP contribution in [0.25, 0.3) is 21.9 Å². The minimum Gasteiger partial charge on any atom is -0.396 e. The Hall–Kier alpha value is -2.30. The lowest BCUT2D eigenvalue weighted by Gasteiger charge is -2.34. The van der Waals surface area contributed by atoms with Gasteiger partial charge in [0.05, 0.1) is 12.7 Å². The zero-order valence-corrected chi connectivity index (χ0v) is 20.2. The zero-order chi connectivity index (χ0) is 24.3. The molecule has 1 fully saturated rings. The summed E-state index contributed by atoms with van der Waals surface area (Å²) in [4.78, 5) is 0. The number of hydrogen-bond donors (Lipinski definition) is 2. The fraction of sp³-hybridized carbons (Fsp3) is 0.467. The van der Waals surface area contributed by atoms with Crippen molar-refractivity contribution in [3.05, 3.63) is 71.8 Å². The van der Waals surface area contributed by atoms with Crippen LogP contribution in [-0.4, -0.2) is 22.9 Å². The molecule has 0 saturated heterocycles. The minimum atomic E-state index is -0.458. The van der Waals surface area contributed by atoms with Crippen molar-refractivity contribution in [1.29, 1.82) is 0 Å². The Morgan fingerprint density at radius 3 is 2.26 bits per heavy atom. The molecule has 0 aromatic heterocycles. The smallest absolute Gasteiger partial charge is 0.138 e. The fourth-order valence-corrected chi connectivity index (χ4v) is 5.22. The van der Waals surface area contributed by atoms with E-state index in [9.17, 15) is 14.6 Å². The predicted octanol–water partition coefficient (Wildman–Crippen LogP) is 7.29. The Morgan fingerprint density at radius 1 is 0.912 bits per heavy atom. The standard InChI is InChI=1S/C30H36F2O2/c1-30(2,19-33)28(34)18-22-7-4-20(5-8-22)3-6-21-9-15-27-24(17-21)12-16-26(29(27)32)23-10-13-25(31)14-11-23/h9-17,20,22,28,33-34H,3-8,18-19H2,1-2H3. The van der Waals surface area contributed by atoms with E-state index in [1.54, 1.807) is 18.2 Å². The second kappa shape index (κ2) is 10.5. The first-order valence-corrected chi connectivity index (χ1v) is 12.5. The van der Waals surface area contributed by atoms with Crippen molar-refractivity contribution in [2.75, 3.05) is 6.61 Å². The van der Waals surface area contributed by atoms with E-state index in [-0.39, 0.29) is 18.2 Å². The monoisotopic (exact) mass is 466 g/mol. The summed E-state index contributed by atoms with van der Waals surface area (Å²) in [6.07, 6.45) is 7.06. The molecule has 0 spiro atoms. The number of rotatable bonds is 8. The number of benzene rings is 3. The number of fused-ring (bicyclic) bond motifs is 1. The van der Waals surface area contributed by atoms with E-state index in [1.165, 1.54) is 30.5 Å². The molecule has 0 amide bonds. The van der Waals surface area contributed by atoms with Gasteiger partial charge in [0.1, 0.15) is 11.6 Å². The topological polar surface area (TPSA) is 40.5 Å². The number of aliphatic hydroxyl groups is 2. The third-order valence-electron chi connectivity index (χ3n) is 7.85. The molecule has 0 heterocycles. The first-order valence-electron chi connectivity index (χ1n) is 12.5. The van der Waals surface area contributed by atoms with Crippen LogP contribution in [0.3, 0.4) is 0 Å². The highest BCUT2D eigenvalue weighted by atomic mass is 19.1. The number of aryl methyl sites for hydroxylation is 1. The van der Waals surface area contributed by atoms with Gasteiger partial charge in [-0.3, -0.25) is 0 Å². The molecule has 1 unspecified atom stereocenters. The Balaban J connectivity index is 1.34. The first kappa shape index (κ1) is 24.8. The molecule has 2 nitrogen and oxygen atoms in total. The van der Waals surface area contributed by atoms with Crippen LogP contribution in [-0.2, 0) is 6.42 Å². The molecule has 34 heavy (non-hydrogen) atoms. The van der Waals surface area contributed by atoms with E-state index in [1.807, 2.05) is 32.0 Å². The lowest BCUT2D eigenvalue weighted by atomic mass is 9.74. The highest BCUT2D eigenvalue weighted by Crippen LogP contribution is 2.37. The summed E-state index contributed by atoms with van der Waals surface area (Å²) in [5, 5.41) is 21.4. The number of aliphatic hydroxyl groups excluding tert-OH is 2. The van der Waals surface area contributed by atoms with E-state index in [4.69, 9.17) is 0 Å². The molecule has 0 aliphatic heterocycles. The second-order valence-corrected chi connectivity index (χ2v) is 10.8. The van der Waals surface area contributed by atoms with Crippen molar-refractivity contribution in [2.24, 2.45) is 17.3 Å². The van der Waals surface area contributed by atoms with Crippen molar-refractivity contribution in [3.63, 3.8) is 0 Å². The molecular weight excluding hydrogens is 430 g/mol. The molecule has 4 heteroatoms. The van der Waals surface area contributed by atoms with Crippen LogP contribution < -0.4 is 0 Å². The minimum absolute atomic E-state index is 0.00667. The third kappa shape index (κ3) is 5.67. The van der Waals surface area contributed by atoms with E-state index in [2.05, 4.69) is 6.07 Å². The van der Waals surface area contributed by atoms with Crippen molar-refractivity contribution in [1.82, 2.24) is 0 Å². The highest BCUT2D eigenvalue weighted by molar-refractivity contribution is 5.88. The van der Waals surface area contributed by atoms with Gasteiger partial charge in [-0.1, -0.05) is 82.0 Å². The van der Waals surface area contributed by atoms with Crippen LogP contribution in [0.15, 0.2) is 54.6 Å². The lowest BCUT2D eigenvalue weighted by molar-refractivity contribution is -0.0115. The molecule has 4 rings (SSSR count). The number of halogens is 2. The van der Waals surface area contributed by atoms with Crippen LogP contribution in [0, 0.1) is 28.9 Å². The van der Waals surface area contributed by atoms with Gasteiger partial charge in [-0.15, -0.1) is 0 Å². The summed E-state index contributed by atoms with van der Waals surface area (Å²) in [5.41, 5.74) is 1.95. The summed E-state index contributed by atoms with van der Waals surface area (Å²) in [6, 6.07) is 15.6. The van der Waals surface area contributed by atoms with Gasteiger partial charge < -0.3 is 10.2 Å². The van der Waals surface area contributed by atoms with Gasteiger partial charge in [-0.05, 0) is 59.7 Å². The maximum Gasteiger partial charge on any atom is 0.138 e. The summed E-state index contributed by atoms with van der Waals surface area (Å²) in [5.74, 6) is 0.635. The molecule has 0 bridgehead atoms. The zero-order valence-electron chi connectivity index (χ0n) is 20.2. The molecule has 2 N–H and O–H groups in total. The molecule has 3 aromatic carbocycles. The normalized spacial score (nSPS) is 19.9. The van der Waals surface area contributed by atoms with E-state index in [0.29, 0.717) is 28.3 Å². The fourth-order valence-electron chi connectivity index (χ4n) is 5.22. The van der Waals surface area contributed by atoms with E-state index in [0.717, 1.165) is 37.5 Å². The average Bonchev–Trinajstić information content (AvgIpc) is 2.84. The summed E-state index contributed by atoms with van der Waals surface area (Å²) >= 11 is 0. The molecule has 1 atom stereocenters. The lowest BCUT2D eigenvalue weighted by Crippen LogP contribution is -2.35. The van der Waals surface area contributed by atoms with Crippen molar-refractivity contribution < 1.29 is 19.0 Å². The Morgan fingerprint density at radius 2 is 1.59 bits per heavy atom. The quantitative estimate of drug-likeness (QED) is 0.366. The molecule has 182 valence electrons. The van der Waals surface area contributed by atoms with Crippen LogP contribution in [0.2, 0.25) is 0 Å². The van der Waals surface area contributed by atoms with Gasteiger partial charge in [0.25, 0.3) is 0 Å². The van der Waals surface area contributed by atoms with Crippen LogP contribution in [0.5, 0.6) is 0 Å². The highest BCUT2D eigenvalue weighted by Gasteiger charge is 2.31. The van der Waals surface area contributed by atoms with E-state index < -0.39 is 11.5 Å². The van der Waals surface area contributed by atoms with Crippen molar-refractivity contribution >= 4 is 10.8 Å². The Labute approximate surface area is 201 Å². The average molecular weight is 467 g/mol. The predicted molar refractivity (Wildman–Crippen MR) is 135 cm³/mol. The molecule has 3 aromatic rings. The summed E-state index contributed by atoms with van der Waals surface area (Å²) in [6.45, 7) is 3.84. The van der Waals surface area contributed by atoms with Crippen molar-refractivity contribution in [2.45, 2.75) is 64.9 Å².